The normalized spacial score (nSPS) is 16.4. The molecule has 0 aliphatic carbocycles. The molecule has 0 bridgehead atoms. The van der Waals surface area contributed by atoms with E-state index in [4.69, 9.17) is 0 Å². The summed E-state index contributed by atoms with van der Waals surface area (Å²) in [4.78, 5) is 14.7. The van der Waals surface area contributed by atoms with E-state index in [1.807, 2.05) is 24.1 Å². The van der Waals surface area contributed by atoms with Gasteiger partial charge >= 0.3 is 0 Å². The van der Waals surface area contributed by atoms with Crippen molar-refractivity contribution in [1.82, 2.24) is 19.9 Å². The smallest absolute Gasteiger partial charge is 0.229 e. The molecule has 0 saturated carbocycles. The first kappa shape index (κ1) is 14.8. The molecule has 2 aromatic rings. The van der Waals surface area contributed by atoms with Crippen LogP contribution in [-0.4, -0.2) is 32.3 Å². The SMILES string of the molecule is CCn1cc(CC(=O)N2CCc3ccccc3C2(C)C)nn1. The van der Waals surface area contributed by atoms with Crippen molar-refractivity contribution in [3.8, 4) is 0 Å². The predicted octanol–water partition coefficient (Wildman–Crippen LogP) is 2.16. The maximum Gasteiger partial charge on any atom is 0.229 e. The van der Waals surface area contributed by atoms with E-state index in [9.17, 15) is 4.79 Å². The van der Waals surface area contributed by atoms with E-state index < -0.39 is 0 Å². The molecule has 0 spiro atoms. The van der Waals surface area contributed by atoms with Gasteiger partial charge in [-0.05, 0) is 38.3 Å². The van der Waals surface area contributed by atoms with E-state index in [-0.39, 0.29) is 11.4 Å². The van der Waals surface area contributed by atoms with Gasteiger partial charge in [-0.3, -0.25) is 9.48 Å². The van der Waals surface area contributed by atoms with Gasteiger partial charge in [0, 0.05) is 19.3 Å². The monoisotopic (exact) mass is 298 g/mol. The Hall–Kier alpha value is -2.17. The average molecular weight is 298 g/mol. The largest absolute Gasteiger partial charge is 0.333 e. The molecule has 0 N–H and O–H groups in total. The van der Waals surface area contributed by atoms with Gasteiger partial charge < -0.3 is 4.90 Å². The second-order valence-corrected chi connectivity index (χ2v) is 6.25. The highest BCUT2D eigenvalue weighted by atomic mass is 16.2. The molecule has 0 radical (unpaired) electrons. The minimum absolute atomic E-state index is 0.114. The fraction of sp³-hybridized carbons (Fsp3) is 0.471. The molecule has 0 fully saturated rings. The fourth-order valence-corrected chi connectivity index (χ4v) is 3.25. The topological polar surface area (TPSA) is 51.0 Å². The zero-order valence-electron chi connectivity index (χ0n) is 13.4. The molecule has 1 aromatic heterocycles. The third kappa shape index (κ3) is 2.51. The van der Waals surface area contributed by atoms with Crippen LogP contribution in [0.15, 0.2) is 30.5 Å². The summed E-state index contributed by atoms with van der Waals surface area (Å²) in [6.45, 7) is 7.76. The number of fused-ring (bicyclic) bond motifs is 1. The van der Waals surface area contributed by atoms with Crippen LogP contribution in [0, 0.1) is 0 Å². The number of nitrogens with zero attached hydrogens (tertiary/aromatic N) is 4. The van der Waals surface area contributed by atoms with Gasteiger partial charge in [0.1, 0.15) is 0 Å². The Labute approximate surface area is 130 Å². The van der Waals surface area contributed by atoms with Crippen LogP contribution < -0.4 is 0 Å². The number of carbonyl (C=O) groups excluding carboxylic acids is 1. The van der Waals surface area contributed by atoms with Crippen LogP contribution in [0.2, 0.25) is 0 Å². The molecule has 0 saturated heterocycles. The summed E-state index contributed by atoms with van der Waals surface area (Å²) in [5.41, 5.74) is 3.04. The van der Waals surface area contributed by atoms with Gasteiger partial charge in [-0.25, -0.2) is 0 Å². The third-order valence-corrected chi connectivity index (χ3v) is 4.50. The molecule has 0 unspecified atom stereocenters. The zero-order valence-corrected chi connectivity index (χ0v) is 13.4. The van der Waals surface area contributed by atoms with Crippen molar-refractivity contribution >= 4 is 5.91 Å². The van der Waals surface area contributed by atoms with Gasteiger partial charge in [0.2, 0.25) is 5.91 Å². The van der Waals surface area contributed by atoms with Crippen LogP contribution in [0.4, 0.5) is 0 Å². The number of aryl methyl sites for hydroxylation is 1. The summed E-state index contributed by atoms with van der Waals surface area (Å²) in [5.74, 6) is 0.114. The predicted molar refractivity (Wildman–Crippen MR) is 84.3 cm³/mol. The molecule has 5 heteroatoms. The Morgan fingerprint density at radius 3 is 2.82 bits per heavy atom. The number of carbonyl (C=O) groups is 1. The molecule has 3 rings (SSSR count). The van der Waals surface area contributed by atoms with Gasteiger partial charge in [-0.1, -0.05) is 29.5 Å². The van der Waals surface area contributed by atoms with Gasteiger partial charge in [0.15, 0.2) is 0 Å². The lowest BCUT2D eigenvalue weighted by molar-refractivity contribution is -0.136. The van der Waals surface area contributed by atoms with Gasteiger partial charge in [-0.2, -0.15) is 0 Å². The number of aromatic nitrogens is 3. The number of hydrogen-bond donors (Lipinski definition) is 0. The van der Waals surface area contributed by atoms with Crippen LogP contribution in [0.1, 0.15) is 37.6 Å². The molecular weight excluding hydrogens is 276 g/mol. The van der Waals surface area contributed by atoms with Crippen LogP contribution in [0.3, 0.4) is 0 Å². The Bertz CT molecular complexity index is 689. The van der Waals surface area contributed by atoms with Crippen molar-refractivity contribution in [3.05, 3.63) is 47.3 Å². The molecule has 1 amide bonds. The van der Waals surface area contributed by atoms with E-state index in [0.29, 0.717) is 6.42 Å². The number of hydrogen-bond acceptors (Lipinski definition) is 3. The summed E-state index contributed by atoms with van der Waals surface area (Å²) < 4.78 is 1.75. The van der Waals surface area contributed by atoms with Gasteiger partial charge in [-0.15, -0.1) is 5.10 Å². The van der Waals surface area contributed by atoms with Crippen LogP contribution in [-0.2, 0) is 29.7 Å². The first-order valence-corrected chi connectivity index (χ1v) is 7.80. The quantitative estimate of drug-likeness (QED) is 0.872. The average Bonchev–Trinajstić information content (AvgIpc) is 2.95. The molecule has 0 atom stereocenters. The summed E-state index contributed by atoms with van der Waals surface area (Å²) in [6, 6.07) is 8.39. The highest BCUT2D eigenvalue weighted by Gasteiger charge is 2.37. The highest BCUT2D eigenvalue weighted by molar-refractivity contribution is 5.79. The second-order valence-electron chi connectivity index (χ2n) is 6.25. The van der Waals surface area contributed by atoms with Crippen molar-refractivity contribution in [2.24, 2.45) is 0 Å². The number of amides is 1. The molecule has 2 heterocycles. The summed E-state index contributed by atoms with van der Waals surface area (Å²) in [7, 11) is 0. The fourth-order valence-electron chi connectivity index (χ4n) is 3.25. The summed E-state index contributed by atoms with van der Waals surface area (Å²) in [5, 5.41) is 8.08. The first-order valence-electron chi connectivity index (χ1n) is 7.80. The van der Waals surface area contributed by atoms with E-state index in [0.717, 1.165) is 25.2 Å². The standard InChI is InChI=1S/C17H22N4O/c1-4-20-12-14(18-19-20)11-16(22)21-10-9-13-7-5-6-8-15(13)17(21,2)3/h5-8,12H,4,9-11H2,1-3H3. The van der Waals surface area contributed by atoms with Crippen molar-refractivity contribution in [1.29, 1.82) is 0 Å². The molecule has 5 nitrogen and oxygen atoms in total. The Balaban J connectivity index is 1.81. The maximum atomic E-state index is 12.7. The summed E-state index contributed by atoms with van der Waals surface area (Å²) in [6.07, 6.45) is 3.07. The van der Waals surface area contributed by atoms with Crippen LogP contribution in [0.25, 0.3) is 0 Å². The Morgan fingerprint density at radius 2 is 2.09 bits per heavy atom. The minimum Gasteiger partial charge on any atom is -0.333 e. The molecule has 116 valence electrons. The molecule has 1 aliphatic rings. The zero-order chi connectivity index (χ0) is 15.7. The lowest BCUT2D eigenvalue weighted by Gasteiger charge is -2.44. The van der Waals surface area contributed by atoms with Crippen molar-refractivity contribution in [3.63, 3.8) is 0 Å². The number of rotatable bonds is 3. The number of benzene rings is 1. The van der Waals surface area contributed by atoms with E-state index in [1.54, 1.807) is 4.68 Å². The lowest BCUT2D eigenvalue weighted by atomic mass is 9.83. The molecule has 22 heavy (non-hydrogen) atoms. The van der Waals surface area contributed by atoms with Crippen molar-refractivity contribution in [2.45, 2.75) is 45.7 Å². The maximum absolute atomic E-state index is 12.7. The van der Waals surface area contributed by atoms with Crippen LogP contribution in [0.5, 0.6) is 0 Å². The van der Waals surface area contributed by atoms with E-state index in [2.05, 4.69) is 42.4 Å². The third-order valence-electron chi connectivity index (χ3n) is 4.50. The second kappa shape index (κ2) is 5.55. The Morgan fingerprint density at radius 1 is 1.32 bits per heavy atom. The van der Waals surface area contributed by atoms with Crippen LogP contribution >= 0.6 is 0 Å². The first-order chi connectivity index (χ1) is 10.5. The summed E-state index contributed by atoms with van der Waals surface area (Å²) >= 11 is 0. The van der Waals surface area contributed by atoms with Gasteiger partial charge in [0.25, 0.3) is 0 Å². The lowest BCUT2D eigenvalue weighted by Crippen LogP contribution is -2.50. The van der Waals surface area contributed by atoms with Gasteiger partial charge in [0.05, 0.1) is 17.7 Å². The van der Waals surface area contributed by atoms with E-state index >= 15 is 0 Å². The van der Waals surface area contributed by atoms with Crippen molar-refractivity contribution in [2.75, 3.05) is 6.54 Å². The highest BCUT2D eigenvalue weighted by Crippen LogP contribution is 2.35. The molecule has 1 aliphatic heterocycles. The minimum atomic E-state index is -0.285. The van der Waals surface area contributed by atoms with Crippen molar-refractivity contribution < 1.29 is 4.79 Å². The van der Waals surface area contributed by atoms with E-state index in [1.165, 1.54) is 11.1 Å². The molecule has 1 aromatic carbocycles. The molecular formula is C17H22N4O. The Kier molecular flexibility index (Phi) is 3.72.